The summed E-state index contributed by atoms with van der Waals surface area (Å²) < 4.78 is 32.0. The van der Waals surface area contributed by atoms with E-state index in [2.05, 4.69) is 16.6 Å². The largest absolute Gasteiger partial charge is 0.497 e. The van der Waals surface area contributed by atoms with Crippen LogP contribution in [0.1, 0.15) is 11.1 Å². The normalized spacial score (nSPS) is 10.7. The Kier molecular flexibility index (Phi) is 5.67. The van der Waals surface area contributed by atoms with Crippen LogP contribution in [0.3, 0.4) is 0 Å². The van der Waals surface area contributed by atoms with Crippen LogP contribution in [0, 0.1) is 18.8 Å². The number of hydrogen-bond donors (Lipinski definition) is 1. The van der Waals surface area contributed by atoms with Crippen LogP contribution < -0.4 is 9.46 Å². The van der Waals surface area contributed by atoms with Crippen molar-refractivity contribution in [3.05, 3.63) is 58.6 Å². The Morgan fingerprint density at radius 1 is 1.17 bits per heavy atom. The summed E-state index contributed by atoms with van der Waals surface area (Å²) in [6, 6.07) is 11.9. The molecule has 120 valence electrons. The van der Waals surface area contributed by atoms with Crippen molar-refractivity contribution in [3.63, 3.8) is 0 Å². The van der Waals surface area contributed by atoms with Crippen LogP contribution in [0.15, 0.2) is 47.4 Å². The van der Waals surface area contributed by atoms with Crippen LogP contribution in [-0.2, 0) is 10.0 Å². The minimum absolute atomic E-state index is 0.0142. The molecule has 0 radical (unpaired) electrons. The van der Waals surface area contributed by atoms with Crippen molar-refractivity contribution in [1.82, 2.24) is 4.72 Å². The maximum atomic E-state index is 12.2. The average molecular weight is 350 g/mol. The first kappa shape index (κ1) is 17.4. The summed E-state index contributed by atoms with van der Waals surface area (Å²) in [5.74, 6) is 6.42. The van der Waals surface area contributed by atoms with E-state index < -0.39 is 10.0 Å². The van der Waals surface area contributed by atoms with Gasteiger partial charge in [-0.15, -0.1) is 0 Å². The van der Waals surface area contributed by atoms with E-state index in [0.717, 1.165) is 11.3 Å². The highest BCUT2D eigenvalue weighted by Crippen LogP contribution is 2.19. The minimum Gasteiger partial charge on any atom is -0.497 e. The second kappa shape index (κ2) is 7.51. The SMILES string of the molecule is COc1ccc(C#CCNS(=O)(=O)c2cc(Cl)ccc2C)cc1. The molecule has 0 bridgehead atoms. The molecule has 2 aromatic rings. The average Bonchev–Trinajstić information content (AvgIpc) is 2.54. The van der Waals surface area contributed by atoms with Crippen LogP contribution >= 0.6 is 11.6 Å². The standard InChI is InChI=1S/C17H16ClNO3S/c1-13-5-8-15(18)12-17(13)23(20,21)19-11-3-4-14-6-9-16(22-2)10-7-14/h5-10,12,19H,11H2,1-2H3. The van der Waals surface area contributed by atoms with Crippen molar-refractivity contribution < 1.29 is 13.2 Å². The first-order valence-electron chi connectivity index (χ1n) is 6.81. The summed E-state index contributed by atoms with van der Waals surface area (Å²) in [7, 11) is -2.04. The molecule has 1 N–H and O–H groups in total. The van der Waals surface area contributed by atoms with E-state index in [0.29, 0.717) is 10.6 Å². The fourth-order valence-corrected chi connectivity index (χ4v) is 3.32. The van der Waals surface area contributed by atoms with Crippen LogP contribution in [-0.4, -0.2) is 22.1 Å². The van der Waals surface area contributed by atoms with Crippen molar-refractivity contribution in [2.24, 2.45) is 0 Å². The van der Waals surface area contributed by atoms with Crippen LogP contribution in [0.2, 0.25) is 5.02 Å². The van der Waals surface area contributed by atoms with Gasteiger partial charge in [0.2, 0.25) is 10.0 Å². The van der Waals surface area contributed by atoms with Gasteiger partial charge in [0.05, 0.1) is 18.6 Å². The summed E-state index contributed by atoms with van der Waals surface area (Å²) in [4.78, 5) is 0.163. The molecule has 4 nitrogen and oxygen atoms in total. The molecule has 2 aromatic carbocycles. The Hall–Kier alpha value is -2.00. The van der Waals surface area contributed by atoms with E-state index in [1.54, 1.807) is 50.4 Å². The molecule has 0 saturated heterocycles. The third-order valence-electron chi connectivity index (χ3n) is 3.11. The van der Waals surface area contributed by atoms with Crippen molar-refractivity contribution >= 4 is 21.6 Å². The Morgan fingerprint density at radius 2 is 1.87 bits per heavy atom. The second-order valence-electron chi connectivity index (χ2n) is 4.76. The molecule has 0 aliphatic rings. The quantitative estimate of drug-likeness (QED) is 0.863. The topological polar surface area (TPSA) is 55.4 Å². The highest BCUT2D eigenvalue weighted by Gasteiger charge is 2.16. The summed E-state index contributed by atoms with van der Waals surface area (Å²) in [6.45, 7) is 1.73. The molecule has 0 heterocycles. The van der Waals surface area contributed by atoms with Gasteiger partial charge in [-0.3, -0.25) is 0 Å². The molecule has 0 amide bonds. The van der Waals surface area contributed by atoms with E-state index >= 15 is 0 Å². The molecule has 23 heavy (non-hydrogen) atoms. The van der Waals surface area contributed by atoms with Crippen LogP contribution in [0.5, 0.6) is 5.75 Å². The van der Waals surface area contributed by atoms with Gasteiger partial charge in [-0.2, -0.15) is 4.72 Å². The number of nitrogens with one attached hydrogen (secondary N) is 1. The third-order valence-corrected chi connectivity index (χ3v) is 4.89. The molecule has 0 fully saturated rings. The summed E-state index contributed by atoms with van der Waals surface area (Å²) in [5, 5.41) is 0.375. The number of methoxy groups -OCH3 is 1. The number of ether oxygens (including phenoxy) is 1. The lowest BCUT2D eigenvalue weighted by Gasteiger charge is -2.07. The van der Waals surface area contributed by atoms with Crippen molar-refractivity contribution in [1.29, 1.82) is 0 Å². The van der Waals surface area contributed by atoms with Gasteiger partial charge in [0.15, 0.2) is 0 Å². The minimum atomic E-state index is -3.64. The molecule has 0 aliphatic carbocycles. The van der Waals surface area contributed by atoms with E-state index in [1.807, 2.05) is 0 Å². The van der Waals surface area contributed by atoms with Gasteiger partial charge in [0.25, 0.3) is 0 Å². The molecule has 2 rings (SSSR count). The zero-order valence-corrected chi connectivity index (χ0v) is 14.3. The zero-order chi connectivity index (χ0) is 16.9. The molecule has 6 heteroatoms. The van der Waals surface area contributed by atoms with Crippen molar-refractivity contribution in [3.8, 4) is 17.6 Å². The number of benzene rings is 2. The Labute approximate surface area is 141 Å². The maximum absolute atomic E-state index is 12.2. The van der Waals surface area contributed by atoms with Gasteiger partial charge < -0.3 is 4.74 Å². The molecule has 0 spiro atoms. The molecule has 0 unspecified atom stereocenters. The molecule has 0 atom stereocenters. The van der Waals surface area contributed by atoms with Gasteiger partial charge in [-0.05, 0) is 48.9 Å². The lowest BCUT2D eigenvalue weighted by Crippen LogP contribution is -2.24. The fourth-order valence-electron chi connectivity index (χ4n) is 1.89. The van der Waals surface area contributed by atoms with E-state index in [9.17, 15) is 8.42 Å². The van der Waals surface area contributed by atoms with Crippen LogP contribution in [0.4, 0.5) is 0 Å². The zero-order valence-electron chi connectivity index (χ0n) is 12.8. The van der Waals surface area contributed by atoms with E-state index in [1.165, 1.54) is 6.07 Å². The van der Waals surface area contributed by atoms with Crippen molar-refractivity contribution in [2.75, 3.05) is 13.7 Å². The number of sulfonamides is 1. The monoisotopic (exact) mass is 349 g/mol. The number of aryl methyl sites for hydroxylation is 1. The fraction of sp³-hybridized carbons (Fsp3) is 0.176. The molecule has 0 aliphatic heterocycles. The lowest BCUT2D eigenvalue weighted by molar-refractivity contribution is 0.415. The second-order valence-corrected chi connectivity index (χ2v) is 6.94. The molecular weight excluding hydrogens is 334 g/mol. The van der Waals surface area contributed by atoms with Gasteiger partial charge in [0.1, 0.15) is 5.75 Å². The Bertz CT molecular complexity index is 850. The molecule has 0 saturated carbocycles. The highest BCUT2D eigenvalue weighted by atomic mass is 35.5. The van der Waals surface area contributed by atoms with Gasteiger partial charge in [-0.1, -0.05) is 29.5 Å². The first-order valence-corrected chi connectivity index (χ1v) is 8.67. The number of halogens is 1. The first-order chi connectivity index (χ1) is 10.9. The Morgan fingerprint density at radius 3 is 2.52 bits per heavy atom. The summed E-state index contributed by atoms with van der Waals surface area (Å²) >= 11 is 5.86. The molecular formula is C17H16ClNO3S. The van der Waals surface area contributed by atoms with Crippen LogP contribution in [0.25, 0.3) is 0 Å². The van der Waals surface area contributed by atoms with E-state index in [-0.39, 0.29) is 11.4 Å². The van der Waals surface area contributed by atoms with Gasteiger partial charge in [-0.25, -0.2) is 8.42 Å². The van der Waals surface area contributed by atoms with E-state index in [4.69, 9.17) is 16.3 Å². The number of rotatable bonds is 4. The lowest BCUT2D eigenvalue weighted by atomic mass is 10.2. The molecule has 0 aromatic heterocycles. The van der Waals surface area contributed by atoms with Crippen molar-refractivity contribution in [2.45, 2.75) is 11.8 Å². The smallest absolute Gasteiger partial charge is 0.241 e. The van der Waals surface area contributed by atoms with Gasteiger partial charge in [0, 0.05) is 10.6 Å². The highest BCUT2D eigenvalue weighted by molar-refractivity contribution is 7.89. The third kappa shape index (κ3) is 4.73. The maximum Gasteiger partial charge on any atom is 0.241 e. The Balaban J connectivity index is 2.05. The predicted octanol–water partition coefficient (Wildman–Crippen LogP) is 2.99. The number of hydrogen-bond acceptors (Lipinski definition) is 3. The summed E-state index contributed by atoms with van der Waals surface area (Å²) in [5.41, 5.74) is 1.41. The van der Waals surface area contributed by atoms with Gasteiger partial charge >= 0.3 is 0 Å². The summed E-state index contributed by atoms with van der Waals surface area (Å²) in [6.07, 6.45) is 0. The predicted molar refractivity (Wildman–Crippen MR) is 91.2 cm³/mol.